The lowest BCUT2D eigenvalue weighted by molar-refractivity contribution is 0.404. The topological polar surface area (TPSA) is 40.2 Å². The minimum absolute atomic E-state index is 0.502. The fourth-order valence-electron chi connectivity index (χ4n) is 1.95. The summed E-state index contributed by atoms with van der Waals surface area (Å²) in [5.41, 5.74) is 0.964. The van der Waals surface area contributed by atoms with Crippen LogP contribution in [-0.2, 0) is 0 Å². The normalized spacial score (nSPS) is 20.7. The molecule has 0 amide bonds. The van der Waals surface area contributed by atoms with Gasteiger partial charge in [0.05, 0.1) is 17.7 Å². The Morgan fingerprint density at radius 3 is 3.12 bits per heavy atom. The van der Waals surface area contributed by atoms with Crippen LogP contribution in [0.15, 0.2) is 36.9 Å². The molecule has 1 aliphatic rings. The van der Waals surface area contributed by atoms with E-state index in [0.29, 0.717) is 6.04 Å². The van der Waals surface area contributed by atoms with Crippen LogP contribution < -0.4 is 10.6 Å². The lowest BCUT2D eigenvalue weighted by atomic mass is 10.2. The van der Waals surface area contributed by atoms with Crippen molar-refractivity contribution in [3.8, 4) is 0 Å². The van der Waals surface area contributed by atoms with Crippen molar-refractivity contribution in [3.63, 3.8) is 0 Å². The van der Waals surface area contributed by atoms with E-state index in [2.05, 4.69) is 34.1 Å². The van der Waals surface area contributed by atoms with Gasteiger partial charge in [0.15, 0.2) is 0 Å². The van der Waals surface area contributed by atoms with Crippen molar-refractivity contribution < 1.29 is 0 Å². The van der Waals surface area contributed by atoms with E-state index in [9.17, 15) is 0 Å². The fraction of sp³-hybridized carbons (Fsp3) is 0.417. The van der Waals surface area contributed by atoms with E-state index in [1.165, 1.54) is 6.42 Å². The van der Waals surface area contributed by atoms with E-state index in [4.69, 9.17) is 0 Å². The zero-order valence-electron chi connectivity index (χ0n) is 9.61. The molecule has 0 aliphatic carbocycles. The summed E-state index contributed by atoms with van der Waals surface area (Å²) in [6, 6.07) is 4.38. The van der Waals surface area contributed by atoms with Crippen LogP contribution in [-0.4, -0.2) is 36.1 Å². The zero-order valence-corrected chi connectivity index (χ0v) is 9.61. The Kier molecular flexibility index (Phi) is 3.41. The van der Waals surface area contributed by atoms with Crippen molar-refractivity contribution in [1.82, 2.24) is 15.2 Å². The van der Waals surface area contributed by atoms with Crippen molar-refractivity contribution in [2.24, 2.45) is 0 Å². The van der Waals surface area contributed by atoms with E-state index in [1.54, 1.807) is 12.4 Å². The molecule has 0 aromatic carbocycles. The number of nitrogens with one attached hydrogen (secondary N) is 2. The number of nitrogens with zero attached hydrogens (tertiary/aromatic N) is 2. The van der Waals surface area contributed by atoms with Gasteiger partial charge in [-0.15, -0.1) is 0 Å². The first-order valence-electron chi connectivity index (χ1n) is 5.55. The number of aromatic nitrogens is 1. The van der Waals surface area contributed by atoms with Crippen LogP contribution in [0.3, 0.4) is 0 Å². The van der Waals surface area contributed by atoms with E-state index in [0.717, 1.165) is 24.6 Å². The second kappa shape index (κ2) is 4.99. The highest BCUT2D eigenvalue weighted by Crippen LogP contribution is 2.09. The molecule has 16 heavy (non-hydrogen) atoms. The molecule has 86 valence electrons. The maximum absolute atomic E-state index is 4.04. The highest BCUT2D eigenvalue weighted by molar-refractivity contribution is 5.44. The summed E-state index contributed by atoms with van der Waals surface area (Å²) < 4.78 is 0. The van der Waals surface area contributed by atoms with Crippen LogP contribution in [0.1, 0.15) is 6.42 Å². The molecule has 2 rings (SSSR count). The first-order valence-corrected chi connectivity index (χ1v) is 5.55. The summed E-state index contributed by atoms with van der Waals surface area (Å²) in [4.78, 5) is 6.36. The molecular weight excluding hydrogens is 200 g/mol. The predicted octanol–water partition coefficient (Wildman–Crippen LogP) is 1.26. The average molecular weight is 218 g/mol. The molecule has 4 heteroatoms. The minimum Gasteiger partial charge on any atom is -0.368 e. The minimum atomic E-state index is 0.502. The second-order valence-corrected chi connectivity index (χ2v) is 4.24. The summed E-state index contributed by atoms with van der Waals surface area (Å²) in [5.74, 6) is 0.841. The predicted molar refractivity (Wildman–Crippen MR) is 66.0 cm³/mol. The second-order valence-electron chi connectivity index (χ2n) is 4.24. The number of pyridine rings is 1. The maximum atomic E-state index is 4.04. The van der Waals surface area contributed by atoms with E-state index in [1.807, 2.05) is 12.1 Å². The Labute approximate surface area is 96.4 Å². The van der Waals surface area contributed by atoms with Crippen molar-refractivity contribution in [2.45, 2.75) is 12.5 Å². The number of hydrogen-bond acceptors (Lipinski definition) is 4. The molecule has 0 spiro atoms. The number of rotatable bonds is 4. The lowest BCUT2D eigenvalue weighted by Gasteiger charge is -2.17. The van der Waals surface area contributed by atoms with Crippen LogP contribution in [0.2, 0.25) is 0 Å². The highest BCUT2D eigenvalue weighted by atomic mass is 15.2. The maximum Gasteiger partial charge on any atom is 0.0960 e. The van der Waals surface area contributed by atoms with Gasteiger partial charge in [-0.05, 0) is 32.1 Å². The molecule has 0 unspecified atom stereocenters. The SMILES string of the molecule is C=C(Nc1cccnc1)N[C@@H]1CCN(C)C1. The molecule has 1 saturated heterocycles. The Bertz CT molecular complexity index is 349. The van der Waals surface area contributed by atoms with Crippen LogP contribution in [0.4, 0.5) is 5.69 Å². The van der Waals surface area contributed by atoms with Crippen molar-refractivity contribution in [2.75, 3.05) is 25.5 Å². The third-order valence-corrected chi connectivity index (χ3v) is 2.73. The van der Waals surface area contributed by atoms with Crippen LogP contribution >= 0.6 is 0 Å². The standard InChI is InChI=1S/C12H18N4/c1-10(14-11-4-3-6-13-8-11)15-12-5-7-16(2)9-12/h3-4,6,8,12,14-15H,1,5,7,9H2,2H3/t12-/m1/s1. The number of hydrogen-bond donors (Lipinski definition) is 2. The fourth-order valence-corrected chi connectivity index (χ4v) is 1.95. The van der Waals surface area contributed by atoms with Crippen LogP contribution in [0.25, 0.3) is 0 Å². The number of likely N-dealkylation sites (N-methyl/N-ethyl adjacent to an activating group) is 1. The lowest BCUT2D eigenvalue weighted by Crippen LogP contribution is -2.33. The number of likely N-dealkylation sites (tertiary alicyclic amines) is 1. The summed E-state index contributed by atoms with van der Waals surface area (Å²) in [6.07, 6.45) is 4.71. The van der Waals surface area contributed by atoms with Crippen molar-refractivity contribution >= 4 is 5.69 Å². The third-order valence-electron chi connectivity index (χ3n) is 2.73. The van der Waals surface area contributed by atoms with Gasteiger partial charge in [-0.25, -0.2) is 0 Å². The average Bonchev–Trinajstić information content (AvgIpc) is 2.65. The Morgan fingerprint density at radius 2 is 2.50 bits per heavy atom. The van der Waals surface area contributed by atoms with Gasteiger partial charge in [-0.1, -0.05) is 6.58 Å². The highest BCUT2D eigenvalue weighted by Gasteiger charge is 2.19. The third kappa shape index (κ3) is 2.97. The molecule has 0 bridgehead atoms. The molecule has 0 radical (unpaired) electrons. The summed E-state index contributed by atoms with van der Waals surface area (Å²) in [7, 11) is 2.14. The largest absolute Gasteiger partial charge is 0.368 e. The molecule has 2 heterocycles. The number of anilines is 1. The molecule has 1 atom stereocenters. The molecule has 1 aliphatic heterocycles. The first-order chi connectivity index (χ1) is 7.74. The smallest absolute Gasteiger partial charge is 0.0960 e. The van der Waals surface area contributed by atoms with Crippen molar-refractivity contribution in [3.05, 3.63) is 36.9 Å². The molecular formula is C12H18N4. The Morgan fingerprint density at radius 1 is 1.62 bits per heavy atom. The monoisotopic (exact) mass is 218 g/mol. The van der Waals surface area contributed by atoms with Crippen molar-refractivity contribution in [1.29, 1.82) is 0 Å². The molecule has 1 fully saturated rings. The van der Waals surface area contributed by atoms with Gasteiger partial charge in [0.1, 0.15) is 0 Å². The van der Waals surface area contributed by atoms with Gasteiger partial charge in [0, 0.05) is 18.8 Å². The van der Waals surface area contributed by atoms with Gasteiger partial charge in [-0.3, -0.25) is 4.98 Å². The van der Waals surface area contributed by atoms with Gasteiger partial charge in [-0.2, -0.15) is 0 Å². The van der Waals surface area contributed by atoms with E-state index < -0.39 is 0 Å². The van der Waals surface area contributed by atoms with Gasteiger partial charge >= 0.3 is 0 Å². The summed E-state index contributed by atoms with van der Waals surface area (Å²) in [6.45, 7) is 6.20. The Hall–Kier alpha value is -1.55. The molecule has 1 aromatic rings. The van der Waals surface area contributed by atoms with E-state index >= 15 is 0 Å². The van der Waals surface area contributed by atoms with Crippen LogP contribution in [0, 0.1) is 0 Å². The molecule has 1 aromatic heterocycles. The quantitative estimate of drug-likeness (QED) is 0.798. The molecule has 0 saturated carbocycles. The molecule has 4 nitrogen and oxygen atoms in total. The molecule has 2 N–H and O–H groups in total. The van der Waals surface area contributed by atoms with Crippen LogP contribution in [0.5, 0.6) is 0 Å². The zero-order chi connectivity index (χ0) is 11.4. The first kappa shape index (κ1) is 11.0. The van der Waals surface area contributed by atoms with Gasteiger partial charge < -0.3 is 15.5 Å². The van der Waals surface area contributed by atoms with E-state index in [-0.39, 0.29) is 0 Å². The summed E-state index contributed by atoms with van der Waals surface area (Å²) in [5, 5.41) is 6.58. The summed E-state index contributed by atoms with van der Waals surface area (Å²) >= 11 is 0. The van der Waals surface area contributed by atoms with Gasteiger partial charge in [0.25, 0.3) is 0 Å². The van der Waals surface area contributed by atoms with Gasteiger partial charge in [0.2, 0.25) is 0 Å². The Balaban J connectivity index is 1.81.